The first-order valence-corrected chi connectivity index (χ1v) is 11.0. The molecule has 1 spiro atoms. The molecule has 160 valence electrons. The molecule has 6 nitrogen and oxygen atoms in total. The predicted octanol–water partition coefficient (Wildman–Crippen LogP) is 3.65. The molecule has 0 unspecified atom stereocenters. The van der Waals surface area contributed by atoms with Crippen molar-refractivity contribution in [1.29, 1.82) is 0 Å². The number of carbonyl (C=O) groups excluding carboxylic acids is 1. The van der Waals surface area contributed by atoms with E-state index in [1.54, 1.807) is 4.90 Å². The van der Waals surface area contributed by atoms with Crippen molar-refractivity contribution in [3.63, 3.8) is 0 Å². The topological polar surface area (TPSA) is 70.1 Å². The van der Waals surface area contributed by atoms with Gasteiger partial charge in [0.1, 0.15) is 5.72 Å². The second-order valence-electron chi connectivity index (χ2n) is 8.30. The maximum absolute atomic E-state index is 13.0. The quantitative estimate of drug-likeness (QED) is 0.639. The number of carbonyl (C=O) groups is 2. The molecule has 1 aromatic carbocycles. The van der Waals surface area contributed by atoms with E-state index in [9.17, 15) is 14.7 Å². The molecule has 0 bridgehead atoms. The summed E-state index contributed by atoms with van der Waals surface area (Å²) in [5.41, 5.74) is 0.510. The molecule has 1 amide bonds. The molecule has 2 fully saturated rings. The molecule has 1 aromatic rings. The third-order valence-corrected chi connectivity index (χ3v) is 6.19. The zero-order chi connectivity index (χ0) is 20.7. The van der Waals surface area contributed by atoms with Crippen LogP contribution in [0.5, 0.6) is 0 Å². The van der Waals surface area contributed by atoms with Gasteiger partial charge >= 0.3 is 5.97 Å². The summed E-state index contributed by atoms with van der Waals surface area (Å²) in [6.07, 6.45) is 7.03. The van der Waals surface area contributed by atoms with Crippen LogP contribution < -0.4 is 0 Å². The lowest BCUT2D eigenvalue weighted by Crippen LogP contribution is -2.58. The van der Waals surface area contributed by atoms with Crippen molar-refractivity contribution in [2.24, 2.45) is 0 Å². The largest absolute Gasteiger partial charge is 0.480 e. The van der Waals surface area contributed by atoms with Crippen LogP contribution in [0, 0.1) is 0 Å². The van der Waals surface area contributed by atoms with Gasteiger partial charge < -0.3 is 9.84 Å². The van der Waals surface area contributed by atoms with Crippen molar-refractivity contribution in [2.45, 2.75) is 76.6 Å². The van der Waals surface area contributed by atoms with Crippen LogP contribution >= 0.6 is 0 Å². The predicted molar refractivity (Wildman–Crippen MR) is 111 cm³/mol. The molecule has 0 saturated carbocycles. The summed E-state index contributed by atoms with van der Waals surface area (Å²) in [5.74, 6) is -1.03. The Morgan fingerprint density at radius 1 is 1.10 bits per heavy atom. The molecule has 2 aliphatic rings. The molecule has 2 saturated heterocycles. The zero-order valence-electron chi connectivity index (χ0n) is 17.5. The van der Waals surface area contributed by atoms with Crippen LogP contribution in [0.3, 0.4) is 0 Å². The summed E-state index contributed by atoms with van der Waals surface area (Å²) in [5, 5.41) is 9.65. The number of nitrogens with zero attached hydrogens (tertiary/aromatic N) is 2. The van der Waals surface area contributed by atoms with Crippen molar-refractivity contribution >= 4 is 11.9 Å². The molecule has 2 aliphatic heterocycles. The van der Waals surface area contributed by atoms with Gasteiger partial charge in [0.05, 0.1) is 6.61 Å². The molecule has 1 N–H and O–H groups in total. The Kier molecular flexibility index (Phi) is 7.67. The van der Waals surface area contributed by atoms with Gasteiger partial charge in [-0.25, -0.2) is 4.79 Å². The summed E-state index contributed by atoms with van der Waals surface area (Å²) < 4.78 is 6.03. The van der Waals surface area contributed by atoms with E-state index in [1.165, 1.54) is 12.0 Å². The highest BCUT2D eigenvalue weighted by molar-refractivity contribution is 5.85. The van der Waals surface area contributed by atoms with E-state index in [2.05, 4.69) is 24.0 Å². The van der Waals surface area contributed by atoms with Crippen LogP contribution in [0.4, 0.5) is 0 Å². The summed E-state index contributed by atoms with van der Waals surface area (Å²) in [6.45, 7) is 4.71. The lowest BCUT2D eigenvalue weighted by molar-refractivity contribution is -0.166. The fourth-order valence-corrected chi connectivity index (χ4v) is 4.53. The Hall–Kier alpha value is -1.92. The lowest BCUT2D eigenvalue weighted by Gasteiger charge is -2.44. The van der Waals surface area contributed by atoms with Crippen molar-refractivity contribution < 1.29 is 19.4 Å². The number of hydrogen-bond acceptors (Lipinski definition) is 4. The van der Waals surface area contributed by atoms with Crippen LogP contribution in [0.1, 0.15) is 63.9 Å². The Labute approximate surface area is 173 Å². The van der Waals surface area contributed by atoms with E-state index >= 15 is 0 Å². The SMILES string of the molecule is CCCCCCCC(=O)N1[C@@H](C(=O)O)COC12CCN(Cc1ccccc1)CC2. The molecule has 0 aliphatic carbocycles. The first-order chi connectivity index (χ1) is 14.1. The van der Waals surface area contributed by atoms with Crippen LogP contribution in [0.15, 0.2) is 30.3 Å². The number of carboxylic acid groups (broad SMARTS) is 1. The average Bonchev–Trinajstić information content (AvgIpc) is 3.09. The number of aliphatic carboxylic acids is 1. The number of amides is 1. The molecule has 29 heavy (non-hydrogen) atoms. The highest BCUT2D eigenvalue weighted by Gasteiger charge is 2.53. The molecule has 1 atom stereocenters. The minimum absolute atomic E-state index is 0.0668. The van der Waals surface area contributed by atoms with E-state index in [4.69, 9.17) is 4.74 Å². The van der Waals surface area contributed by atoms with E-state index in [-0.39, 0.29) is 12.5 Å². The van der Waals surface area contributed by atoms with Crippen molar-refractivity contribution in [3.05, 3.63) is 35.9 Å². The average molecular weight is 403 g/mol. The number of unbranched alkanes of at least 4 members (excludes halogenated alkanes) is 4. The van der Waals surface area contributed by atoms with Gasteiger partial charge in [-0.3, -0.25) is 14.6 Å². The highest BCUT2D eigenvalue weighted by atomic mass is 16.5. The number of piperidine rings is 1. The molecule has 6 heteroatoms. The van der Waals surface area contributed by atoms with Crippen molar-refractivity contribution in [1.82, 2.24) is 9.80 Å². The lowest BCUT2D eigenvalue weighted by atomic mass is 9.96. The Bertz CT molecular complexity index is 671. The fraction of sp³-hybridized carbons (Fsp3) is 0.652. The minimum Gasteiger partial charge on any atom is -0.480 e. The number of hydrogen-bond donors (Lipinski definition) is 1. The Morgan fingerprint density at radius 3 is 2.45 bits per heavy atom. The van der Waals surface area contributed by atoms with Gasteiger partial charge in [0, 0.05) is 38.9 Å². The normalized spacial score (nSPS) is 21.6. The second kappa shape index (κ2) is 10.2. The van der Waals surface area contributed by atoms with Crippen LogP contribution in [-0.4, -0.2) is 58.2 Å². The Balaban J connectivity index is 1.60. The van der Waals surface area contributed by atoms with Crippen LogP contribution in [0.2, 0.25) is 0 Å². The van der Waals surface area contributed by atoms with Gasteiger partial charge in [0.15, 0.2) is 6.04 Å². The van der Waals surface area contributed by atoms with Gasteiger partial charge in [0.2, 0.25) is 5.91 Å². The molecule has 0 aromatic heterocycles. The number of rotatable bonds is 9. The summed E-state index contributed by atoms with van der Waals surface area (Å²) in [6, 6.07) is 9.47. The number of ether oxygens (including phenoxy) is 1. The summed E-state index contributed by atoms with van der Waals surface area (Å²) in [7, 11) is 0. The smallest absolute Gasteiger partial charge is 0.328 e. The van der Waals surface area contributed by atoms with E-state index in [0.29, 0.717) is 19.3 Å². The number of likely N-dealkylation sites (tertiary alicyclic amines) is 1. The maximum atomic E-state index is 13.0. The first-order valence-electron chi connectivity index (χ1n) is 11.0. The third-order valence-electron chi connectivity index (χ3n) is 6.19. The minimum atomic E-state index is -0.965. The molecular weight excluding hydrogens is 368 g/mol. The zero-order valence-corrected chi connectivity index (χ0v) is 17.5. The molecule has 2 heterocycles. The van der Waals surface area contributed by atoms with E-state index < -0.39 is 17.7 Å². The Morgan fingerprint density at radius 2 is 1.79 bits per heavy atom. The van der Waals surface area contributed by atoms with Gasteiger partial charge in [-0.15, -0.1) is 0 Å². The fourth-order valence-electron chi connectivity index (χ4n) is 4.53. The maximum Gasteiger partial charge on any atom is 0.328 e. The van der Waals surface area contributed by atoms with Gasteiger partial charge in [-0.2, -0.15) is 0 Å². The van der Waals surface area contributed by atoms with Gasteiger partial charge in [-0.1, -0.05) is 62.9 Å². The van der Waals surface area contributed by atoms with Gasteiger partial charge in [-0.05, 0) is 12.0 Å². The molecule has 0 radical (unpaired) electrons. The molecule has 3 rings (SSSR count). The van der Waals surface area contributed by atoms with Gasteiger partial charge in [0.25, 0.3) is 0 Å². The van der Waals surface area contributed by atoms with Crippen molar-refractivity contribution in [2.75, 3.05) is 19.7 Å². The number of carboxylic acids is 1. The van der Waals surface area contributed by atoms with Crippen LogP contribution in [0.25, 0.3) is 0 Å². The molecular formula is C23H34N2O4. The summed E-state index contributed by atoms with van der Waals surface area (Å²) in [4.78, 5) is 28.7. The third kappa shape index (κ3) is 5.37. The first kappa shape index (κ1) is 21.8. The number of benzene rings is 1. The summed E-state index contributed by atoms with van der Waals surface area (Å²) >= 11 is 0. The van der Waals surface area contributed by atoms with Crippen LogP contribution in [-0.2, 0) is 20.9 Å². The highest BCUT2D eigenvalue weighted by Crippen LogP contribution is 2.38. The monoisotopic (exact) mass is 402 g/mol. The van der Waals surface area contributed by atoms with E-state index in [1.807, 2.05) is 18.2 Å². The second-order valence-corrected chi connectivity index (χ2v) is 8.30. The van der Waals surface area contributed by atoms with E-state index in [0.717, 1.165) is 45.3 Å². The standard InChI is InChI=1S/C23H34N2O4/c1-2-3-4-5-9-12-21(26)25-20(22(27)28)18-29-23(25)13-15-24(16-14-23)17-19-10-7-6-8-11-19/h6-8,10-11,20H,2-5,9,12-18H2,1H3,(H,27,28)/t20-/m1/s1. The van der Waals surface area contributed by atoms with Crippen molar-refractivity contribution in [3.8, 4) is 0 Å².